The van der Waals surface area contributed by atoms with Crippen LogP contribution in [0.15, 0.2) is 36.5 Å². The second kappa shape index (κ2) is 4.53. The van der Waals surface area contributed by atoms with Gasteiger partial charge in [-0.05, 0) is 12.8 Å². The zero-order chi connectivity index (χ0) is 13.7. The predicted molar refractivity (Wildman–Crippen MR) is 83.9 cm³/mol. The van der Waals surface area contributed by atoms with Crippen LogP contribution in [0.1, 0.15) is 21.8 Å². The van der Waals surface area contributed by atoms with E-state index in [-0.39, 0.29) is 10.6 Å². The van der Waals surface area contributed by atoms with Crippen LogP contribution in [-0.4, -0.2) is 20.0 Å². The molecule has 0 saturated heterocycles. The Morgan fingerprint density at radius 2 is 2.10 bits per heavy atom. The summed E-state index contributed by atoms with van der Waals surface area (Å²) < 4.78 is 1.96. The normalized spacial score (nSPS) is 18.4. The van der Waals surface area contributed by atoms with Gasteiger partial charge in [-0.2, -0.15) is 0 Å². The van der Waals surface area contributed by atoms with Crippen molar-refractivity contribution in [3.8, 4) is 11.3 Å². The lowest BCUT2D eigenvalue weighted by atomic mass is 10.0. The summed E-state index contributed by atoms with van der Waals surface area (Å²) in [6.45, 7) is 0. The van der Waals surface area contributed by atoms with Crippen molar-refractivity contribution < 1.29 is 4.79 Å². The molecule has 0 N–H and O–H groups in total. The van der Waals surface area contributed by atoms with Gasteiger partial charge in [0.2, 0.25) is 0 Å². The molecule has 0 radical (unpaired) electrons. The number of imidazole rings is 1. The summed E-state index contributed by atoms with van der Waals surface area (Å²) in [6, 6.07) is 10.1. The molecule has 1 aliphatic carbocycles. The maximum absolute atomic E-state index is 12.3. The van der Waals surface area contributed by atoms with Crippen LogP contribution in [0.25, 0.3) is 16.2 Å². The second-order valence-electron chi connectivity index (χ2n) is 4.89. The van der Waals surface area contributed by atoms with Crippen molar-refractivity contribution in [2.45, 2.75) is 17.7 Å². The van der Waals surface area contributed by atoms with Crippen LogP contribution in [0, 0.1) is 0 Å². The van der Waals surface area contributed by atoms with Gasteiger partial charge in [0.25, 0.3) is 0 Å². The van der Waals surface area contributed by atoms with Crippen molar-refractivity contribution in [3.05, 3.63) is 47.1 Å². The van der Waals surface area contributed by atoms with Gasteiger partial charge in [-0.3, -0.25) is 9.20 Å². The number of carbonyl (C=O) groups is 1. The number of Topliss-reactive ketones (excluding diaryl/α,β-unsaturated/α-hetero) is 1. The molecule has 3 aromatic rings. The lowest BCUT2D eigenvalue weighted by Gasteiger charge is -2.14. The predicted octanol–water partition coefficient (Wildman–Crippen LogP) is 3.96. The molecule has 2 heterocycles. The monoisotopic (exact) mass is 346 g/mol. The third-order valence-electron chi connectivity index (χ3n) is 3.61. The molecule has 1 aromatic carbocycles. The molecule has 0 saturated carbocycles. The summed E-state index contributed by atoms with van der Waals surface area (Å²) in [7, 11) is 0. The maximum Gasteiger partial charge on any atom is 0.195 e. The molecule has 1 atom stereocenters. The third kappa shape index (κ3) is 1.77. The molecular weight excluding hydrogens is 336 g/mol. The molecule has 5 heteroatoms. The lowest BCUT2D eigenvalue weighted by molar-refractivity contribution is 0.0976. The Balaban J connectivity index is 1.90. The molecule has 2 aromatic heterocycles. The Labute approximate surface area is 128 Å². The molecule has 0 fully saturated rings. The Bertz CT molecular complexity index is 806. The highest BCUT2D eigenvalue weighted by atomic mass is 79.9. The van der Waals surface area contributed by atoms with Gasteiger partial charge in [0.1, 0.15) is 5.69 Å². The van der Waals surface area contributed by atoms with Crippen molar-refractivity contribution in [3.63, 3.8) is 0 Å². The highest BCUT2D eigenvalue weighted by Crippen LogP contribution is 2.34. The molecular formula is C15H11BrN2OS. The summed E-state index contributed by atoms with van der Waals surface area (Å²) in [5.41, 5.74) is 2.81. The quantitative estimate of drug-likeness (QED) is 0.625. The molecule has 0 spiro atoms. The number of rotatable bonds is 1. The van der Waals surface area contributed by atoms with Crippen molar-refractivity contribution >= 4 is 38.0 Å². The number of benzene rings is 1. The number of aryl methyl sites for hydroxylation is 1. The highest BCUT2D eigenvalue weighted by molar-refractivity contribution is 9.10. The van der Waals surface area contributed by atoms with E-state index in [9.17, 15) is 4.79 Å². The van der Waals surface area contributed by atoms with Gasteiger partial charge >= 0.3 is 0 Å². The van der Waals surface area contributed by atoms with E-state index in [0.29, 0.717) is 0 Å². The first-order valence-electron chi connectivity index (χ1n) is 6.48. The van der Waals surface area contributed by atoms with E-state index in [1.807, 2.05) is 40.9 Å². The minimum absolute atomic E-state index is 0.0598. The van der Waals surface area contributed by atoms with Crippen LogP contribution in [0.2, 0.25) is 0 Å². The number of alkyl halides is 1. The number of hydrogen-bond donors (Lipinski definition) is 0. The average molecular weight is 347 g/mol. The second-order valence-corrected chi connectivity index (χ2v) is 7.06. The number of thiazole rings is 1. The van der Waals surface area contributed by atoms with Gasteiger partial charge < -0.3 is 0 Å². The van der Waals surface area contributed by atoms with Gasteiger partial charge in [0, 0.05) is 16.6 Å². The van der Waals surface area contributed by atoms with Crippen LogP contribution in [-0.2, 0) is 6.42 Å². The van der Waals surface area contributed by atoms with Crippen LogP contribution in [0.3, 0.4) is 0 Å². The van der Waals surface area contributed by atoms with Gasteiger partial charge in [0.05, 0.1) is 10.5 Å². The summed E-state index contributed by atoms with van der Waals surface area (Å²) >= 11 is 5.10. The fourth-order valence-corrected chi connectivity index (χ4v) is 4.17. The number of carbonyl (C=O) groups excluding carboxylic acids is 1. The number of fused-ring (bicyclic) bond motifs is 3. The van der Waals surface area contributed by atoms with Gasteiger partial charge in [-0.1, -0.05) is 46.3 Å². The van der Waals surface area contributed by atoms with Crippen LogP contribution >= 0.6 is 27.3 Å². The zero-order valence-corrected chi connectivity index (χ0v) is 12.9. The molecule has 1 aliphatic rings. The first-order chi connectivity index (χ1) is 9.74. The van der Waals surface area contributed by atoms with Crippen LogP contribution in [0.4, 0.5) is 0 Å². The number of ketones is 1. The summed E-state index contributed by atoms with van der Waals surface area (Å²) in [5, 5.41) is 0. The van der Waals surface area contributed by atoms with E-state index >= 15 is 0 Å². The van der Waals surface area contributed by atoms with Gasteiger partial charge in [-0.25, -0.2) is 4.98 Å². The molecule has 20 heavy (non-hydrogen) atoms. The van der Waals surface area contributed by atoms with E-state index in [2.05, 4.69) is 20.9 Å². The van der Waals surface area contributed by atoms with Crippen molar-refractivity contribution in [2.24, 2.45) is 0 Å². The molecule has 4 rings (SSSR count). The van der Waals surface area contributed by atoms with Crippen molar-refractivity contribution in [2.75, 3.05) is 0 Å². The fraction of sp³-hybridized carbons (Fsp3) is 0.200. The third-order valence-corrected chi connectivity index (χ3v) is 5.59. The Morgan fingerprint density at radius 1 is 1.30 bits per heavy atom. The van der Waals surface area contributed by atoms with Gasteiger partial charge in [-0.15, -0.1) is 11.3 Å². The standard InChI is InChI=1S/C15H11BrN2OS/c16-10-6-7-12-13(14(10)19)18-8-11(17-15(18)20-12)9-4-2-1-3-5-9/h1-5,8,10H,6-7H2. The molecule has 3 nitrogen and oxygen atoms in total. The van der Waals surface area contributed by atoms with E-state index in [0.717, 1.165) is 39.6 Å². The molecule has 1 unspecified atom stereocenters. The minimum Gasteiger partial charge on any atom is -0.291 e. The Hall–Kier alpha value is -1.46. The number of halogens is 1. The first-order valence-corrected chi connectivity index (χ1v) is 8.22. The summed E-state index contributed by atoms with van der Waals surface area (Å²) in [6.07, 6.45) is 3.80. The average Bonchev–Trinajstić information content (AvgIpc) is 3.01. The first kappa shape index (κ1) is 12.3. The molecule has 100 valence electrons. The number of nitrogens with zero attached hydrogens (tertiary/aromatic N) is 2. The largest absolute Gasteiger partial charge is 0.291 e. The minimum atomic E-state index is -0.0598. The van der Waals surface area contributed by atoms with E-state index in [1.165, 1.54) is 0 Å². The molecule has 0 bridgehead atoms. The highest BCUT2D eigenvalue weighted by Gasteiger charge is 2.30. The topological polar surface area (TPSA) is 34.4 Å². The van der Waals surface area contributed by atoms with Crippen molar-refractivity contribution in [1.29, 1.82) is 0 Å². The fourth-order valence-electron chi connectivity index (χ4n) is 2.60. The maximum atomic E-state index is 12.3. The van der Waals surface area contributed by atoms with E-state index in [4.69, 9.17) is 0 Å². The Morgan fingerprint density at radius 3 is 2.90 bits per heavy atom. The number of hydrogen-bond acceptors (Lipinski definition) is 3. The SMILES string of the molecule is O=C1c2c(sc3nc(-c4ccccc4)cn23)CCC1Br. The molecule has 0 amide bonds. The van der Waals surface area contributed by atoms with E-state index < -0.39 is 0 Å². The van der Waals surface area contributed by atoms with Crippen LogP contribution in [0.5, 0.6) is 0 Å². The van der Waals surface area contributed by atoms with E-state index in [1.54, 1.807) is 11.3 Å². The molecule has 0 aliphatic heterocycles. The smallest absolute Gasteiger partial charge is 0.195 e. The van der Waals surface area contributed by atoms with Gasteiger partial charge in [0.15, 0.2) is 10.7 Å². The summed E-state index contributed by atoms with van der Waals surface area (Å²) in [4.78, 5) is 19.0. The lowest BCUT2D eigenvalue weighted by Crippen LogP contribution is -2.22. The number of aromatic nitrogens is 2. The Kier molecular flexibility index (Phi) is 2.79. The summed E-state index contributed by atoms with van der Waals surface area (Å²) in [5.74, 6) is 0.175. The zero-order valence-electron chi connectivity index (χ0n) is 10.5. The van der Waals surface area contributed by atoms with Crippen LogP contribution < -0.4 is 0 Å². The van der Waals surface area contributed by atoms with Crippen molar-refractivity contribution in [1.82, 2.24) is 9.38 Å².